The minimum atomic E-state index is -4.79. The van der Waals surface area contributed by atoms with E-state index in [2.05, 4.69) is 14.8 Å². The highest BCUT2D eigenvalue weighted by atomic mass is 32.2. The number of halogens is 3. The van der Waals surface area contributed by atoms with Gasteiger partial charge in [0.25, 0.3) is 0 Å². The SMILES string of the molecule is O=S(=O)(NC1C2CNCC21)c1ccc(OC(F)(F)F)cc1. The molecule has 1 saturated heterocycles. The Morgan fingerprint density at radius 1 is 1.14 bits per heavy atom. The molecule has 2 unspecified atom stereocenters. The highest BCUT2D eigenvalue weighted by molar-refractivity contribution is 7.89. The fourth-order valence-corrected chi connectivity index (χ4v) is 4.00. The van der Waals surface area contributed by atoms with Gasteiger partial charge in [-0.2, -0.15) is 0 Å². The number of rotatable bonds is 4. The van der Waals surface area contributed by atoms with Gasteiger partial charge in [-0.15, -0.1) is 13.2 Å². The van der Waals surface area contributed by atoms with Gasteiger partial charge in [0.05, 0.1) is 4.90 Å². The van der Waals surface area contributed by atoms with Crippen molar-refractivity contribution in [3.05, 3.63) is 24.3 Å². The van der Waals surface area contributed by atoms with E-state index in [0.29, 0.717) is 11.8 Å². The third-order valence-electron chi connectivity index (χ3n) is 3.75. The Kier molecular flexibility index (Phi) is 3.38. The molecule has 5 nitrogen and oxygen atoms in total. The van der Waals surface area contributed by atoms with Crippen LogP contribution < -0.4 is 14.8 Å². The maximum atomic E-state index is 12.1. The molecule has 2 aliphatic rings. The molecular formula is C12H13F3N2O3S. The molecule has 0 spiro atoms. The first-order valence-electron chi connectivity index (χ1n) is 6.35. The van der Waals surface area contributed by atoms with Gasteiger partial charge < -0.3 is 10.1 Å². The van der Waals surface area contributed by atoms with Gasteiger partial charge in [-0.1, -0.05) is 0 Å². The van der Waals surface area contributed by atoms with E-state index in [-0.39, 0.29) is 10.9 Å². The molecule has 1 aromatic carbocycles. The molecule has 0 bridgehead atoms. The van der Waals surface area contributed by atoms with Crippen LogP contribution in [0.2, 0.25) is 0 Å². The summed E-state index contributed by atoms with van der Waals surface area (Å²) in [6.07, 6.45) is -4.79. The van der Waals surface area contributed by atoms with Crippen molar-refractivity contribution >= 4 is 10.0 Å². The number of ether oxygens (including phenoxy) is 1. The van der Waals surface area contributed by atoms with Crippen molar-refractivity contribution < 1.29 is 26.3 Å². The van der Waals surface area contributed by atoms with Crippen molar-refractivity contribution in [2.45, 2.75) is 17.3 Å². The van der Waals surface area contributed by atoms with Gasteiger partial charge in [-0.3, -0.25) is 0 Å². The molecule has 2 atom stereocenters. The maximum absolute atomic E-state index is 12.1. The van der Waals surface area contributed by atoms with Crippen LogP contribution in [0.4, 0.5) is 13.2 Å². The van der Waals surface area contributed by atoms with E-state index in [4.69, 9.17) is 0 Å². The van der Waals surface area contributed by atoms with Crippen LogP contribution in [0.15, 0.2) is 29.2 Å². The molecule has 9 heteroatoms. The van der Waals surface area contributed by atoms with E-state index in [1.807, 2.05) is 0 Å². The first kappa shape index (κ1) is 14.6. The third kappa shape index (κ3) is 3.14. The normalized spacial score (nSPS) is 28.2. The van der Waals surface area contributed by atoms with Gasteiger partial charge >= 0.3 is 6.36 Å². The average Bonchev–Trinajstić information content (AvgIpc) is 2.82. The number of benzene rings is 1. The number of piperidine rings is 1. The largest absolute Gasteiger partial charge is 0.573 e. The molecule has 0 radical (unpaired) electrons. The van der Waals surface area contributed by atoms with Crippen molar-refractivity contribution in [3.8, 4) is 5.75 Å². The molecule has 1 heterocycles. The molecule has 0 aromatic heterocycles. The number of fused-ring (bicyclic) bond motifs is 1. The molecule has 2 N–H and O–H groups in total. The van der Waals surface area contributed by atoms with Crippen LogP contribution in [0.1, 0.15) is 0 Å². The Morgan fingerprint density at radius 3 is 2.24 bits per heavy atom. The van der Waals surface area contributed by atoms with Crippen LogP contribution in [0.3, 0.4) is 0 Å². The van der Waals surface area contributed by atoms with E-state index in [9.17, 15) is 21.6 Å². The monoisotopic (exact) mass is 322 g/mol. The summed E-state index contributed by atoms with van der Waals surface area (Å²) in [7, 11) is -3.71. The molecule has 1 saturated carbocycles. The third-order valence-corrected chi connectivity index (χ3v) is 5.23. The molecular weight excluding hydrogens is 309 g/mol. The molecule has 1 aliphatic carbocycles. The van der Waals surface area contributed by atoms with E-state index < -0.39 is 22.1 Å². The second-order valence-electron chi connectivity index (χ2n) is 5.15. The molecule has 1 aromatic rings. The zero-order valence-corrected chi connectivity index (χ0v) is 11.5. The molecule has 21 heavy (non-hydrogen) atoms. The van der Waals surface area contributed by atoms with Gasteiger partial charge in [0.2, 0.25) is 10.0 Å². The highest BCUT2D eigenvalue weighted by Gasteiger charge is 2.54. The quantitative estimate of drug-likeness (QED) is 0.870. The van der Waals surface area contributed by atoms with Crippen molar-refractivity contribution in [1.29, 1.82) is 0 Å². The average molecular weight is 322 g/mol. The van der Waals surface area contributed by atoms with Crippen LogP contribution in [0.25, 0.3) is 0 Å². The Balaban J connectivity index is 1.68. The Labute approximate surface area is 119 Å². The summed E-state index contributed by atoms with van der Waals surface area (Å²) < 4.78 is 66.6. The molecule has 3 rings (SSSR count). The Hall–Kier alpha value is -1.32. The van der Waals surface area contributed by atoms with E-state index in [0.717, 1.165) is 37.4 Å². The predicted octanol–water partition coefficient (Wildman–Crippen LogP) is 1.08. The number of nitrogens with one attached hydrogen (secondary N) is 2. The first-order chi connectivity index (χ1) is 9.76. The van der Waals surface area contributed by atoms with Gasteiger partial charge in [0.1, 0.15) is 5.75 Å². The summed E-state index contributed by atoms with van der Waals surface area (Å²) >= 11 is 0. The lowest BCUT2D eigenvalue weighted by molar-refractivity contribution is -0.274. The lowest BCUT2D eigenvalue weighted by Gasteiger charge is -2.11. The smallest absolute Gasteiger partial charge is 0.406 e. The topological polar surface area (TPSA) is 67.4 Å². The van der Waals surface area contributed by atoms with Crippen LogP contribution >= 0.6 is 0 Å². The van der Waals surface area contributed by atoms with Crippen LogP contribution in [0, 0.1) is 11.8 Å². The zero-order valence-electron chi connectivity index (χ0n) is 10.7. The Morgan fingerprint density at radius 2 is 1.71 bits per heavy atom. The zero-order chi connectivity index (χ0) is 15.3. The summed E-state index contributed by atoms with van der Waals surface area (Å²) in [5, 5.41) is 3.15. The second kappa shape index (κ2) is 4.85. The van der Waals surface area contributed by atoms with Crippen molar-refractivity contribution in [2.24, 2.45) is 11.8 Å². The van der Waals surface area contributed by atoms with E-state index >= 15 is 0 Å². The van der Waals surface area contributed by atoms with Crippen molar-refractivity contribution in [3.63, 3.8) is 0 Å². The fraction of sp³-hybridized carbons (Fsp3) is 0.500. The molecule has 116 valence electrons. The van der Waals surface area contributed by atoms with Gasteiger partial charge in [-0.25, -0.2) is 13.1 Å². The fourth-order valence-electron chi connectivity index (χ4n) is 2.66. The summed E-state index contributed by atoms with van der Waals surface area (Å²) in [6.45, 7) is 1.58. The molecule has 1 aliphatic heterocycles. The first-order valence-corrected chi connectivity index (χ1v) is 7.83. The van der Waals surface area contributed by atoms with Gasteiger partial charge in [0.15, 0.2) is 0 Å². The van der Waals surface area contributed by atoms with E-state index in [1.54, 1.807) is 0 Å². The minimum Gasteiger partial charge on any atom is -0.406 e. The summed E-state index contributed by atoms with van der Waals surface area (Å²) in [6, 6.07) is 4.08. The lowest BCUT2D eigenvalue weighted by atomic mass is 10.3. The highest BCUT2D eigenvalue weighted by Crippen LogP contribution is 2.42. The van der Waals surface area contributed by atoms with Crippen LogP contribution in [-0.2, 0) is 10.0 Å². The maximum Gasteiger partial charge on any atom is 0.573 e. The molecule has 2 fully saturated rings. The lowest BCUT2D eigenvalue weighted by Crippen LogP contribution is -2.32. The standard InChI is InChI=1S/C12H13F3N2O3S/c13-12(14,15)20-7-1-3-8(4-2-7)21(18,19)17-11-9-5-16-6-10(9)11/h1-4,9-11,16-17H,5-6H2. The van der Waals surface area contributed by atoms with E-state index in [1.165, 1.54) is 0 Å². The number of sulfonamides is 1. The number of hydrogen-bond acceptors (Lipinski definition) is 4. The Bertz CT molecular complexity index is 620. The predicted molar refractivity (Wildman–Crippen MR) is 67.1 cm³/mol. The van der Waals surface area contributed by atoms with Crippen LogP contribution in [0.5, 0.6) is 5.75 Å². The molecule has 0 amide bonds. The van der Waals surface area contributed by atoms with Gasteiger partial charge in [0, 0.05) is 6.04 Å². The summed E-state index contributed by atoms with van der Waals surface area (Å²) in [5.74, 6) is 0.175. The second-order valence-corrected chi connectivity index (χ2v) is 6.87. The summed E-state index contributed by atoms with van der Waals surface area (Å²) in [4.78, 5) is -0.0741. The van der Waals surface area contributed by atoms with Crippen molar-refractivity contribution in [2.75, 3.05) is 13.1 Å². The minimum absolute atomic E-state index is 0.0741. The summed E-state index contributed by atoms with van der Waals surface area (Å²) in [5.41, 5.74) is 0. The van der Waals surface area contributed by atoms with Gasteiger partial charge in [-0.05, 0) is 49.2 Å². The van der Waals surface area contributed by atoms with Crippen molar-refractivity contribution in [1.82, 2.24) is 10.0 Å². The number of hydrogen-bond donors (Lipinski definition) is 2. The van der Waals surface area contributed by atoms with Crippen LogP contribution in [-0.4, -0.2) is 33.9 Å². The number of alkyl halides is 3.